The Morgan fingerprint density at radius 2 is 2.05 bits per heavy atom. The molecule has 0 aliphatic heterocycles. The maximum Gasteiger partial charge on any atom is 0.311 e. The number of carbonyl (C=O) groups is 2. The Balaban J connectivity index is 2.81. The highest BCUT2D eigenvalue weighted by Gasteiger charge is 2.26. The number of rotatable bonds is 6. The van der Waals surface area contributed by atoms with Gasteiger partial charge in [-0.25, -0.2) is 0 Å². The van der Waals surface area contributed by atoms with E-state index in [1.54, 1.807) is 14.0 Å². The molecule has 1 aromatic heterocycles. The van der Waals surface area contributed by atoms with Crippen LogP contribution >= 0.6 is 0 Å². The third kappa shape index (κ3) is 4.60. The van der Waals surface area contributed by atoms with E-state index in [1.807, 2.05) is 20.8 Å². The van der Waals surface area contributed by atoms with Gasteiger partial charge in [-0.3, -0.25) is 9.59 Å². The number of carboxylic acid groups (broad SMARTS) is 1. The zero-order valence-corrected chi connectivity index (χ0v) is 13.1. The number of hydrogen-bond acceptors (Lipinski definition) is 4. The maximum atomic E-state index is 12.3. The van der Waals surface area contributed by atoms with Crippen LogP contribution in [0.3, 0.4) is 0 Å². The second kappa shape index (κ2) is 6.76. The Morgan fingerprint density at radius 3 is 2.52 bits per heavy atom. The van der Waals surface area contributed by atoms with Crippen LogP contribution in [0.5, 0.6) is 0 Å². The van der Waals surface area contributed by atoms with Crippen molar-refractivity contribution in [3.05, 3.63) is 23.2 Å². The molecule has 0 saturated heterocycles. The lowest BCUT2D eigenvalue weighted by atomic mass is 9.89. The molecule has 0 fully saturated rings. The quantitative estimate of drug-likeness (QED) is 0.838. The standard InChI is InChI=1S/C15H23NO5/c1-9-8-21-10(6-12(17)18)13(9)14(19)16-7-11(20-5)15(2,3)4/h8,11H,6-7H2,1-5H3,(H,16,19)(H,17,18). The molecule has 6 nitrogen and oxygen atoms in total. The predicted molar refractivity (Wildman–Crippen MR) is 77.4 cm³/mol. The molecule has 0 spiro atoms. The van der Waals surface area contributed by atoms with Crippen molar-refractivity contribution in [1.29, 1.82) is 0 Å². The van der Waals surface area contributed by atoms with Gasteiger partial charge in [0.2, 0.25) is 0 Å². The minimum Gasteiger partial charge on any atom is -0.481 e. The van der Waals surface area contributed by atoms with E-state index < -0.39 is 5.97 Å². The maximum absolute atomic E-state index is 12.3. The van der Waals surface area contributed by atoms with E-state index >= 15 is 0 Å². The fourth-order valence-electron chi connectivity index (χ4n) is 2.09. The molecule has 0 aliphatic rings. The van der Waals surface area contributed by atoms with Gasteiger partial charge in [0.05, 0.1) is 17.9 Å². The number of aliphatic carboxylic acids is 1. The highest BCUT2D eigenvalue weighted by atomic mass is 16.5. The molecule has 1 unspecified atom stereocenters. The molecular weight excluding hydrogens is 274 g/mol. The summed E-state index contributed by atoms with van der Waals surface area (Å²) >= 11 is 0. The first-order valence-electron chi connectivity index (χ1n) is 6.76. The molecule has 1 atom stereocenters. The Hall–Kier alpha value is -1.82. The fraction of sp³-hybridized carbons (Fsp3) is 0.600. The number of hydrogen-bond donors (Lipinski definition) is 2. The molecule has 118 valence electrons. The summed E-state index contributed by atoms with van der Waals surface area (Å²) in [5.41, 5.74) is 0.798. The SMILES string of the molecule is COC(CNC(=O)c1c(C)coc1CC(=O)O)C(C)(C)C. The summed E-state index contributed by atoms with van der Waals surface area (Å²) in [6.07, 6.45) is 0.936. The number of furan rings is 1. The van der Waals surface area contributed by atoms with E-state index in [4.69, 9.17) is 14.3 Å². The van der Waals surface area contributed by atoms with Gasteiger partial charge >= 0.3 is 5.97 Å². The molecule has 0 aromatic carbocycles. The van der Waals surface area contributed by atoms with Gasteiger partial charge in [-0.15, -0.1) is 0 Å². The first-order valence-corrected chi connectivity index (χ1v) is 6.76. The molecular formula is C15H23NO5. The van der Waals surface area contributed by atoms with E-state index in [-0.39, 0.29) is 29.6 Å². The first-order chi connectivity index (χ1) is 9.66. The summed E-state index contributed by atoms with van der Waals surface area (Å²) < 4.78 is 10.5. The zero-order chi connectivity index (χ0) is 16.2. The number of methoxy groups -OCH3 is 1. The summed E-state index contributed by atoms with van der Waals surface area (Å²) in [5, 5.41) is 11.6. The number of ether oxygens (including phenoxy) is 1. The van der Waals surface area contributed by atoms with Crippen molar-refractivity contribution in [3.8, 4) is 0 Å². The molecule has 21 heavy (non-hydrogen) atoms. The van der Waals surface area contributed by atoms with E-state index in [1.165, 1.54) is 6.26 Å². The predicted octanol–water partition coefficient (Wildman–Crippen LogP) is 2.01. The van der Waals surface area contributed by atoms with E-state index in [0.717, 1.165) is 0 Å². The van der Waals surface area contributed by atoms with Crippen LogP contribution in [0.15, 0.2) is 10.7 Å². The minimum absolute atomic E-state index is 0.114. The van der Waals surface area contributed by atoms with Crippen LogP contribution in [0.1, 0.15) is 42.5 Å². The van der Waals surface area contributed by atoms with Crippen molar-refractivity contribution < 1.29 is 23.8 Å². The molecule has 1 heterocycles. The van der Waals surface area contributed by atoms with Crippen LogP contribution in [0.25, 0.3) is 0 Å². The highest BCUT2D eigenvalue weighted by molar-refractivity contribution is 5.97. The average molecular weight is 297 g/mol. The smallest absolute Gasteiger partial charge is 0.311 e. The van der Waals surface area contributed by atoms with Crippen molar-refractivity contribution in [2.75, 3.05) is 13.7 Å². The van der Waals surface area contributed by atoms with Crippen LogP contribution in [0, 0.1) is 12.3 Å². The van der Waals surface area contributed by atoms with Crippen LogP contribution < -0.4 is 5.32 Å². The van der Waals surface area contributed by atoms with Crippen LogP contribution in [0.2, 0.25) is 0 Å². The third-order valence-corrected chi connectivity index (χ3v) is 3.29. The van der Waals surface area contributed by atoms with Gasteiger partial charge < -0.3 is 19.6 Å². The second-order valence-corrected chi connectivity index (χ2v) is 6.09. The molecule has 6 heteroatoms. The number of aryl methyl sites for hydroxylation is 1. The van der Waals surface area contributed by atoms with E-state index in [2.05, 4.69) is 5.32 Å². The number of carboxylic acids is 1. The monoisotopic (exact) mass is 297 g/mol. The Kier molecular flexibility index (Phi) is 5.54. The molecule has 2 N–H and O–H groups in total. The lowest BCUT2D eigenvalue weighted by Gasteiger charge is -2.29. The topological polar surface area (TPSA) is 88.8 Å². The number of amides is 1. The molecule has 1 rings (SSSR count). The fourth-order valence-corrected chi connectivity index (χ4v) is 2.09. The van der Waals surface area contributed by atoms with Crippen LogP contribution in [0.4, 0.5) is 0 Å². The summed E-state index contributed by atoms with van der Waals surface area (Å²) in [4.78, 5) is 23.0. The van der Waals surface area contributed by atoms with Crippen molar-refractivity contribution in [1.82, 2.24) is 5.32 Å². The van der Waals surface area contributed by atoms with Gasteiger partial charge in [0.1, 0.15) is 12.2 Å². The number of carbonyl (C=O) groups excluding carboxylic acids is 1. The Bertz CT molecular complexity index is 513. The molecule has 0 aliphatic carbocycles. The Labute approximate surface area is 124 Å². The highest BCUT2D eigenvalue weighted by Crippen LogP contribution is 2.22. The van der Waals surface area contributed by atoms with E-state index in [0.29, 0.717) is 17.7 Å². The van der Waals surface area contributed by atoms with Gasteiger partial charge in [0.15, 0.2) is 0 Å². The molecule has 0 saturated carbocycles. The Morgan fingerprint density at radius 1 is 1.43 bits per heavy atom. The molecule has 0 bridgehead atoms. The van der Waals surface area contributed by atoms with Crippen molar-refractivity contribution >= 4 is 11.9 Å². The van der Waals surface area contributed by atoms with Crippen molar-refractivity contribution in [2.24, 2.45) is 5.41 Å². The molecule has 1 amide bonds. The van der Waals surface area contributed by atoms with Gasteiger partial charge in [-0.05, 0) is 12.3 Å². The second-order valence-electron chi connectivity index (χ2n) is 6.09. The first kappa shape index (κ1) is 17.2. The zero-order valence-electron chi connectivity index (χ0n) is 13.1. The lowest BCUT2D eigenvalue weighted by Crippen LogP contribution is -2.40. The van der Waals surface area contributed by atoms with Crippen molar-refractivity contribution in [2.45, 2.75) is 40.2 Å². The average Bonchev–Trinajstić information content (AvgIpc) is 2.68. The lowest BCUT2D eigenvalue weighted by molar-refractivity contribution is -0.136. The molecule has 1 aromatic rings. The minimum atomic E-state index is -1.04. The third-order valence-electron chi connectivity index (χ3n) is 3.29. The summed E-state index contributed by atoms with van der Waals surface area (Å²) in [6.45, 7) is 8.11. The van der Waals surface area contributed by atoms with Crippen LogP contribution in [-0.4, -0.2) is 36.7 Å². The summed E-state index contributed by atoms with van der Waals surface area (Å²) in [7, 11) is 1.60. The summed E-state index contributed by atoms with van der Waals surface area (Å²) in [5.74, 6) is -1.21. The molecule has 0 radical (unpaired) electrons. The summed E-state index contributed by atoms with van der Waals surface area (Å²) in [6, 6.07) is 0. The van der Waals surface area contributed by atoms with Gasteiger partial charge in [0.25, 0.3) is 5.91 Å². The van der Waals surface area contributed by atoms with Gasteiger partial charge in [-0.2, -0.15) is 0 Å². The van der Waals surface area contributed by atoms with Gasteiger partial charge in [0, 0.05) is 19.2 Å². The largest absolute Gasteiger partial charge is 0.481 e. The van der Waals surface area contributed by atoms with Gasteiger partial charge in [-0.1, -0.05) is 20.8 Å². The normalized spacial score (nSPS) is 13.0. The van der Waals surface area contributed by atoms with Crippen LogP contribution in [-0.2, 0) is 16.0 Å². The van der Waals surface area contributed by atoms with Crippen molar-refractivity contribution in [3.63, 3.8) is 0 Å². The van der Waals surface area contributed by atoms with E-state index in [9.17, 15) is 9.59 Å². The number of nitrogens with one attached hydrogen (secondary N) is 1.